The van der Waals surface area contributed by atoms with Crippen LogP contribution in [0.3, 0.4) is 0 Å². The number of hydrogen-bond acceptors (Lipinski definition) is 6. The standard InChI is InChI=1S/C29H26FN7S/c1-17-5-8-23(38-17)27-26-22(9-10-32-27)33-29(34-26)28-24-21(35-36-28)7-6-20(25(24)30)19-13-18(14-31-15-19)16-37-11-3-2-4-12-37/h5-10,13-15H,2-4,11-12,16H2,1H3,(H,33,34)(H,35,36). The van der Waals surface area contributed by atoms with Crippen molar-refractivity contribution in [2.75, 3.05) is 13.1 Å². The average molecular weight is 524 g/mol. The summed E-state index contributed by atoms with van der Waals surface area (Å²) in [5.41, 5.74) is 5.80. The van der Waals surface area contributed by atoms with Crippen molar-refractivity contribution >= 4 is 33.3 Å². The number of aromatic amines is 2. The molecule has 0 atom stereocenters. The SMILES string of the molecule is Cc1ccc(-c2nccc3[nH]c(-c4n[nH]c5ccc(-c6cncc(CN7CCCCC7)c6)c(F)c45)nc23)s1. The van der Waals surface area contributed by atoms with Gasteiger partial charge in [0.05, 0.1) is 21.3 Å². The summed E-state index contributed by atoms with van der Waals surface area (Å²) in [6, 6.07) is 11.7. The van der Waals surface area contributed by atoms with E-state index in [0.717, 1.165) is 52.4 Å². The molecule has 7 rings (SSSR count). The van der Waals surface area contributed by atoms with Crippen molar-refractivity contribution in [1.29, 1.82) is 0 Å². The molecule has 0 unspecified atom stereocenters. The molecule has 7 nitrogen and oxygen atoms in total. The highest BCUT2D eigenvalue weighted by Crippen LogP contribution is 2.36. The first-order valence-electron chi connectivity index (χ1n) is 12.9. The van der Waals surface area contributed by atoms with Gasteiger partial charge in [0.2, 0.25) is 0 Å². The Hall–Kier alpha value is -3.95. The molecule has 38 heavy (non-hydrogen) atoms. The maximum absolute atomic E-state index is 16.2. The first kappa shape index (κ1) is 23.2. The van der Waals surface area contributed by atoms with Gasteiger partial charge >= 0.3 is 0 Å². The molecule has 1 aliphatic heterocycles. The molecule has 190 valence electrons. The molecule has 1 aromatic carbocycles. The van der Waals surface area contributed by atoms with E-state index >= 15 is 4.39 Å². The fourth-order valence-electron chi connectivity index (χ4n) is 5.35. The van der Waals surface area contributed by atoms with Crippen molar-refractivity contribution in [2.45, 2.75) is 32.7 Å². The zero-order chi connectivity index (χ0) is 25.6. The van der Waals surface area contributed by atoms with Crippen LogP contribution in [0, 0.1) is 12.7 Å². The molecule has 0 amide bonds. The summed E-state index contributed by atoms with van der Waals surface area (Å²) in [5.74, 6) is 0.165. The van der Waals surface area contributed by atoms with Crippen molar-refractivity contribution < 1.29 is 4.39 Å². The molecule has 2 N–H and O–H groups in total. The molecule has 1 saturated heterocycles. The molecule has 0 bridgehead atoms. The van der Waals surface area contributed by atoms with Gasteiger partial charge in [0.25, 0.3) is 0 Å². The fraction of sp³-hybridized carbons (Fsp3) is 0.241. The highest BCUT2D eigenvalue weighted by molar-refractivity contribution is 7.15. The zero-order valence-corrected chi connectivity index (χ0v) is 21.8. The van der Waals surface area contributed by atoms with E-state index in [4.69, 9.17) is 4.98 Å². The van der Waals surface area contributed by atoms with Crippen LogP contribution >= 0.6 is 11.3 Å². The number of imidazole rings is 1. The molecular weight excluding hydrogens is 497 g/mol. The Balaban J connectivity index is 1.29. The number of aryl methyl sites for hydroxylation is 1. The third kappa shape index (κ3) is 4.08. The molecule has 5 aromatic heterocycles. The molecule has 1 fully saturated rings. The van der Waals surface area contributed by atoms with E-state index in [0.29, 0.717) is 28.0 Å². The minimum Gasteiger partial charge on any atom is -0.336 e. The van der Waals surface area contributed by atoms with Crippen molar-refractivity contribution in [3.8, 4) is 33.2 Å². The van der Waals surface area contributed by atoms with Gasteiger partial charge in [-0.2, -0.15) is 5.10 Å². The quantitative estimate of drug-likeness (QED) is 0.262. The van der Waals surface area contributed by atoms with Gasteiger partial charge in [-0.3, -0.25) is 20.0 Å². The molecule has 1 aliphatic rings. The van der Waals surface area contributed by atoms with E-state index in [9.17, 15) is 0 Å². The van der Waals surface area contributed by atoms with Gasteiger partial charge in [0, 0.05) is 41.1 Å². The summed E-state index contributed by atoms with van der Waals surface area (Å²) in [7, 11) is 0. The van der Waals surface area contributed by atoms with Gasteiger partial charge in [0.15, 0.2) is 5.82 Å². The number of nitrogens with zero attached hydrogens (tertiary/aromatic N) is 5. The zero-order valence-electron chi connectivity index (χ0n) is 21.0. The number of pyridine rings is 2. The van der Waals surface area contributed by atoms with Crippen molar-refractivity contribution in [1.82, 2.24) is 35.0 Å². The number of rotatable bonds is 5. The molecule has 0 aliphatic carbocycles. The van der Waals surface area contributed by atoms with E-state index < -0.39 is 0 Å². The Morgan fingerprint density at radius 2 is 1.89 bits per heavy atom. The van der Waals surface area contributed by atoms with Crippen LogP contribution in [0.2, 0.25) is 0 Å². The van der Waals surface area contributed by atoms with Crippen LogP contribution in [0.15, 0.2) is 55.0 Å². The van der Waals surface area contributed by atoms with E-state index in [1.165, 1.54) is 24.1 Å². The predicted molar refractivity (Wildman–Crippen MR) is 149 cm³/mol. The number of benzene rings is 1. The summed E-state index contributed by atoms with van der Waals surface area (Å²) < 4.78 is 16.2. The van der Waals surface area contributed by atoms with E-state index in [-0.39, 0.29) is 5.82 Å². The summed E-state index contributed by atoms with van der Waals surface area (Å²) in [6.45, 7) is 5.10. The molecule has 0 radical (unpaired) electrons. The Bertz CT molecular complexity index is 1780. The number of hydrogen-bond donors (Lipinski definition) is 2. The van der Waals surface area contributed by atoms with E-state index in [1.54, 1.807) is 29.8 Å². The predicted octanol–water partition coefficient (Wildman–Crippen LogP) is 6.73. The van der Waals surface area contributed by atoms with Gasteiger partial charge < -0.3 is 4.98 Å². The lowest BCUT2D eigenvalue weighted by atomic mass is 10.0. The summed E-state index contributed by atoms with van der Waals surface area (Å²) in [5, 5.41) is 7.85. The molecule has 0 spiro atoms. The van der Waals surface area contributed by atoms with Crippen LogP contribution in [0.5, 0.6) is 0 Å². The number of nitrogens with one attached hydrogen (secondary N) is 2. The topological polar surface area (TPSA) is 86.4 Å². The van der Waals surface area contributed by atoms with Gasteiger partial charge in [-0.1, -0.05) is 6.42 Å². The van der Waals surface area contributed by atoms with Crippen LogP contribution in [0.4, 0.5) is 4.39 Å². The van der Waals surface area contributed by atoms with Crippen LogP contribution in [0.1, 0.15) is 29.7 Å². The largest absolute Gasteiger partial charge is 0.336 e. The Morgan fingerprint density at radius 3 is 2.74 bits per heavy atom. The van der Waals surface area contributed by atoms with E-state index in [2.05, 4.69) is 49.1 Å². The fourth-order valence-corrected chi connectivity index (χ4v) is 6.22. The van der Waals surface area contributed by atoms with Gasteiger partial charge in [0.1, 0.15) is 22.7 Å². The minimum absolute atomic E-state index is 0.337. The number of likely N-dealkylation sites (tertiary alicyclic amines) is 1. The second-order valence-corrected chi connectivity index (χ2v) is 11.2. The highest BCUT2D eigenvalue weighted by Gasteiger charge is 2.21. The number of halogens is 1. The number of aromatic nitrogens is 6. The van der Waals surface area contributed by atoms with Crippen molar-refractivity contribution in [2.24, 2.45) is 0 Å². The average Bonchev–Trinajstić information content (AvgIpc) is 3.67. The maximum Gasteiger partial charge on any atom is 0.159 e. The lowest BCUT2D eigenvalue weighted by Gasteiger charge is -2.26. The monoisotopic (exact) mass is 523 g/mol. The normalized spacial score (nSPS) is 14.6. The Labute approximate surface area is 222 Å². The number of H-pyrrole nitrogens is 2. The first-order valence-corrected chi connectivity index (χ1v) is 13.7. The lowest BCUT2D eigenvalue weighted by Crippen LogP contribution is -2.29. The molecule has 0 saturated carbocycles. The van der Waals surface area contributed by atoms with Gasteiger partial charge in [-0.05, 0) is 74.8 Å². The number of thiophene rings is 1. The molecular formula is C29H26FN7S. The van der Waals surface area contributed by atoms with Crippen LogP contribution in [-0.2, 0) is 6.54 Å². The lowest BCUT2D eigenvalue weighted by molar-refractivity contribution is 0.220. The first-order chi connectivity index (χ1) is 18.6. The Morgan fingerprint density at radius 1 is 1.00 bits per heavy atom. The van der Waals surface area contributed by atoms with Crippen molar-refractivity contribution in [3.05, 3.63) is 71.2 Å². The highest BCUT2D eigenvalue weighted by atomic mass is 32.1. The minimum atomic E-state index is -0.337. The van der Waals surface area contributed by atoms with Crippen LogP contribution in [-0.4, -0.2) is 48.1 Å². The second-order valence-electron chi connectivity index (χ2n) is 9.89. The molecule has 6 heterocycles. The second kappa shape index (κ2) is 9.41. The summed E-state index contributed by atoms with van der Waals surface area (Å²) in [4.78, 5) is 21.9. The van der Waals surface area contributed by atoms with Gasteiger partial charge in [-0.15, -0.1) is 11.3 Å². The van der Waals surface area contributed by atoms with Crippen LogP contribution < -0.4 is 0 Å². The van der Waals surface area contributed by atoms with Crippen molar-refractivity contribution in [3.63, 3.8) is 0 Å². The third-order valence-corrected chi connectivity index (χ3v) is 8.23. The number of fused-ring (bicyclic) bond motifs is 2. The Kier molecular flexibility index (Phi) is 5.74. The third-order valence-electron chi connectivity index (χ3n) is 7.23. The smallest absolute Gasteiger partial charge is 0.159 e. The van der Waals surface area contributed by atoms with E-state index in [1.807, 2.05) is 24.4 Å². The number of piperidine rings is 1. The van der Waals surface area contributed by atoms with Gasteiger partial charge in [-0.25, -0.2) is 9.37 Å². The molecule has 9 heteroatoms. The molecule has 6 aromatic rings. The maximum atomic E-state index is 16.2. The summed E-state index contributed by atoms with van der Waals surface area (Å²) >= 11 is 1.67. The summed E-state index contributed by atoms with van der Waals surface area (Å²) in [6.07, 6.45) is 9.13. The van der Waals surface area contributed by atoms with Crippen LogP contribution in [0.25, 0.3) is 55.2 Å².